The molecule has 1 N–H and O–H groups in total. The molecule has 0 spiro atoms. The van der Waals surface area contributed by atoms with Crippen molar-refractivity contribution in [1.29, 1.82) is 0 Å². The van der Waals surface area contributed by atoms with E-state index in [2.05, 4.69) is 5.32 Å². The van der Waals surface area contributed by atoms with Crippen LogP contribution in [-0.2, 0) is 6.42 Å². The average Bonchev–Trinajstić information content (AvgIpc) is 3.06. The second-order valence-corrected chi connectivity index (χ2v) is 4.40. The largest absolute Gasteiger partial charge is 0.317 e. The summed E-state index contributed by atoms with van der Waals surface area (Å²) in [4.78, 5) is 0. The maximum Gasteiger partial charge on any atom is 0.123 e. The van der Waals surface area contributed by atoms with Crippen LogP contribution in [0.1, 0.15) is 24.8 Å². The fourth-order valence-electron chi connectivity index (χ4n) is 2.09. The first-order valence-electron chi connectivity index (χ1n) is 5.71. The van der Waals surface area contributed by atoms with Gasteiger partial charge in [0.05, 0.1) is 0 Å². The summed E-state index contributed by atoms with van der Waals surface area (Å²) in [6, 6.07) is 7.50. The molecule has 1 aromatic carbocycles. The van der Waals surface area contributed by atoms with Crippen LogP contribution in [0.15, 0.2) is 24.3 Å². The van der Waals surface area contributed by atoms with Gasteiger partial charge >= 0.3 is 0 Å². The van der Waals surface area contributed by atoms with Crippen LogP contribution in [0.25, 0.3) is 0 Å². The van der Waals surface area contributed by atoms with Gasteiger partial charge in [-0.15, -0.1) is 0 Å². The van der Waals surface area contributed by atoms with Crippen molar-refractivity contribution in [3.63, 3.8) is 0 Å². The van der Waals surface area contributed by atoms with Crippen LogP contribution in [0.3, 0.4) is 0 Å². The van der Waals surface area contributed by atoms with Crippen molar-refractivity contribution in [2.75, 3.05) is 7.05 Å². The molecule has 0 heterocycles. The Morgan fingerprint density at radius 2 is 2.00 bits per heavy atom. The van der Waals surface area contributed by atoms with Crippen LogP contribution in [0.5, 0.6) is 0 Å². The number of rotatable bonds is 5. The molecule has 1 unspecified atom stereocenters. The van der Waals surface area contributed by atoms with E-state index in [1.807, 2.05) is 19.2 Å². The van der Waals surface area contributed by atoms with Gasteiger partial charge in [-0.25, -0.2) is 4.39 Å². The Hall–Kier alpha value is -0.890. The van der Waals surface area contributed by atoms with Gasteiger partial charge in [0.2, 0.25) is 0 Å². The van der Waals surface area contributed by atoms with Gasteiger partial charge in [-0.3, -0.25) is 0 Å². The number of nitrogens with one attached hydrogen (secondary N) is 1. The van der Waals surface area contributed by atoms with Crippen molar-refractivity contribution in [2.24, 2.45) is 5.92 Å². The van der Waals surface area contributed by atoms with Gasteiger partial charge < -0.3 is 5.32 Å². The molecule has 1 atom stereocenters. The molecule has 2 heteroatoms. The van der Waals surface area contributed by atoms with Crippen LogP contribution in [-0.4, -0.2) is 13.1 Å². The smallest absolute Gasteiger partial charge is 0.123 e. The number of hydrogen-bond acceptors (Lipinski definition) is 1. The van der Waals surface area contributed by atoms with Crippen molar-refractivity contribution in [2.45, 2.75) is 31.7 Å². The highest BCUT2D eigenvalue weighted by molar-refractivity contribution is 5.16. The minimum Gasteiger partial charge on any atom is -0.317 e. The maximum atomic E-state index is 12.7. The van der Waals surface area contributed by atoms with Gasteiger partial charge in [-0.05, 0) is 56.3 Å². The third-order valence-electron chi connectivity index (χ3n) is 3.22. The molecular formula is C13H18FN. The van der Waals surface area contributed by atoms with Crippen molar-refractivity contribution in [3.05, 3.63) is 35.6 Å². The highest BCUT2D eigenvalue weighted by atomic mass is 19.1. The zero-order valence-corrected chi connectivity index (χ0v) is 9.17. The van der Waals surface area contributed by atoms with Crippen LogP contribution in [0, 0.1) is 11.7 Å². The van der Waals surface area contributed by atoms with E-state index in [9.17, 15) is 4.39 Å². The molecular weight excluding hydrogens is 189 g/mol. The monoisotopic (exact) mass is 207 g/mol. The molecule has 1 saturated carbocycles. The van der Waals surface area contributed by atoms with E-state index in [0.717, 1.165) is 18.8 Å². The Morgan fingerprint density at radius 1 is 1.33 bits per heavy atom. The van der Waals surface area contributed by atoms with Gasteiger partial charge in [0.1, 0.15) is 5.82 Å². The van der Waals surface area contributed by atoms with Gasteiger partial charge in [-0.2, -0.15) is 0 Å². The SMILES string of the molecule is CNC(CCc1ccc(F)cc1)C1CC1. The number of halogens is 1. The first-order chi connectivity index (χ1) is 7.29. The van der Waals surface area contributed by atoms with Gasteiger partial charge in [0.25, 0.3) is 0 Å². The second-order valence-electron chi connectivity index (χ2n) is 4.40. The third-order valence-corrected chi connectivity index (χ3v) is 3.22. The molecule has 1 nitrogen and oxygen atoms in total. The summed E-state index contributed by atoms with van der Waals surface area (Å²) in [6.45, 7) is 0. The van der Waals surface area contributed by atoms with Crippen molar-refractivity contribution in [1.82, 2.24) is 5.32 Å². The third kappa shape index (κ3) is 3.03. The zero-order chi connectivity index (χ0) is 10.7. The summed E-state index contributed by atoms with van der Waals surface area (Å²) < 4.78 is 12.7. The Kier molecular flexibility index (Phi) is 3.37. The van der Waals surface area contributed by atoms with Gasteiger partial charge in [0.15, 0.2) is 0 Å². The molecule has 0 saturated heterocycles. The topological polar surface area (TPSA) is 12.0 Å². The van der Waals surface area contributed by atoms with E-state index < -0.39 is 0 Å². The Morgan fingerprint density at radius 3 is 2.53 bits per heavy atom. The normalized spacial score (nSPS) is 17.7. The Balaban J connectivity index is 1.83. The highest BCUT2D eigenvalue weighted by Crippen LogP contribution is 2.34. The van der Waals surface area contributed by atoms with Crippen LogP contribution in [0.2, 0.25) is 0 Å². The van der Waals surface area contributed by atoms with E-state index >= 15 is 0 Å². The molecule has 15 heavy (non-hydrogen) atoms. The number of aryl methyl sites for hydroxylation is 1. The molecule has 1 aromatic rings. The minimum absolute atomic E-state index is 0.147. The minimum atomic E-state index is -0.147. The molecule has 1 aliphatic carbocycles. The molecule has 2 rings (SSSR count). The Bertz CT molecular complexity index is 303. The quantitative estimate of drug-likeness (QED) is 0.783. The van der Waals surface area contributed by atoms with Crippen molar-refractivity contribution >= 4 is 0 Å². The predicted octanol–water partition coefficient (Wildman–Crippen LogP) is 2.76. The maximum absolute atomic E-state index is 12.7. The number of benzene rings is 1. The molecule has 0 amide bonds. The summed E-state index contributed by atoms with van der Waals surface area (Å²) in [5, 5.41) is 3.37. The summed E-state index contributed by atoms with van der Waals surface area (Å²) in [7, 11) is 2.04. The fraction of sp³-hybridized carbons (Fsp3) is 0.538. The molecule has 0 aliphatic heterocycles. The Labute approximate surface area is 90.7 Å². The first kappa shape index (κ1) is 10.6. The van der Waals surface area contributed by atoms with E-state index in [1.165, 1.54) is 18.4 Å². The van der Waals surface area contributed by atoms with Crippen LogP contribution >= 0.6 is 0 Å². The predicted molar refractivity (Wildman–Crippen MR) is 60.3 cm³/mol. The lowest BCUT2D eigenvalue weighted by Gasteiger charge is -2.14. The van der Waals surface area contributed by atoms with Crippen LogP contribution < -0.4 is 5.32 Å². The zero-order valence-electron chi connectivity index (χ0n) is 9.17. The van der Waals surface area contributed by atoms with E-state index in [1.54, 1.807) is 12.1 Å². The molecule has 1 fully saturated rings. The second kappa shape index (κ2) is 4.75. The molecule has 1 aliphatic rings. The molecule has 0 aromatic heterocycles. The standard InChI is InChI=1S/C13H18FN/c1-15-13(11-5-6-11)9-4-10-2-7-12(14)8-3-10/h2-3,7-8,11,13,15H,4-6,9H2,1H3. The average molecular weight is 207 g/mol. The van der Waals surface area contributed by atoms with Crippen molar-refractivity contribution < 1.29 is 4.39 Å². The fourth-order valence-corrected chi connectivity index (χ4v) is 2.09. The summed E-state index contributed by atoms with van der Waals surface area (Å²) in [5.41, 5.74) is 1.23. The number of hydrogen-bond donors (Lipinski definition) is 1. The highest BCUT2D eigenvalue weighted by Gasteiger charge is 2.29. The van der Waals surface area contributed by atoms with E-state index in [0.29, 0.717) is 6.04 Å². The van der Waals surface area contributed by atoms with Gasteiger partial charge in [0, 0.05) is 6.04 Å². The van der Waals surface area contributed by atoms with E-state index in [-0.39, 0.29) is 5.82 Å². The van der Waals surface area contributed by atoms with Crippen LogP contribution in [0.4, 0.5) is 4.39 Å². The lowest BCUT2D eigenvalue weighted by molar-refractivity contribution is 0.470. The lowest BCUT2D eigenvalue weighted by Crippen LogP contribution is -2.27. The van der Waals surface area contributed by atoms with E-state index in [4.69, 9.17) is 0 Å². The summed E-state index contributed by atoms with van der Waals surface area (Å²) in [5.74, 6) is 0.738. The summed E-state index contributed by atoms with van der Waals surface area (Å²) >= 11 is 0. The van der Waals surface area contributed by atoms with Crippen molar-refractivity contribution in [3.8, 4) is 0 Å². The summed E-state index contributed by atoms with van der Waals surface area (Å²) in [6.07, 6.45) is 4.94. The molecule has 0 radical (unpaired) electrons. The molecule has 0 bridgehead atoms. The first-order valence-corrected chi connectivity index (χ1v) is 5.71. The van der Waals surface area contributed by atoms with Gasteiger partial charge in [-0.1, -0.05) is 12.1 Å². The molecule has 82 valence electrons. The lowest BCUT2D eigenvalue weighted by atomic mass is 10.0.